The minimum atomic E-state index is 0.322. The number of hydrogen-bond acceptors (Lipinski definition) is 2. The quantitative estimate of drug-likeness (QED) is 0.714. The van der Waals surface area contributed by atoms with Gasteiger partial charge in [-0.3, -0.25) is 4.98 Å². The summed E-state index contributed by atoms with van der Waals surface area (Å²) in [5.74, 6) is 0. The zero-order valence-corrected chi connectivity index (χ0v) is 9.56. The molecule has 0 aliphatic rings. The highest BCUT2D eigenvalue weighted by molar-refractivity contribution is 8.00. The second-order valence-corrected chi connectivity index (χ2v) is 6.32. The Balaban J connectivity index is 2.64. The van der Waals surface area contributed by atoms with E-state index < -0.39 is 0 Å². The number of nitrogens with zero attached hydrogens (tertiary/aromatic N) is 1. The van der Waals surface area contributed by atoms with Gasteiger partial charge in [0, 0.05) is 22.4 Å². The molecule has 0 saturated heterocycles. The van der Waals surface area contributed by atoms with Crippen LogP contribution in [-0.2, 0) is 0 Å². The summed E-state index contributed by atoms with van der Waals surface area (Å²) in [5, 5.41) is 0.544. The van der Waals surface area contributed by atoms with E-state index in [4.69, 9.17) is 0 Å². The van der Waals surface area contributed by atoms with E-state index in [1.54, 1.807) is 0 Å². The van der Waals surface area contributed by atoms with Crippen LogP contribution in [0.3, 0.4) is 0 Å². The topological polar surface area (TPSA) is 12.9 Å². The van der Waals surface area contributed by atoms with Crippen molar-refractivity contribution in [3.8, 4) is 0 Å². The first kappa shape index (κ1) is 10.6. The van der Waals surface area contributed by atoms with E-state index in [0.717, 1.165) is 0 Å². The van der Waals surface area contributed by atoms with E-state index in [2.05, 4.69) is 44.8 Å². The molecule has 1 rings (SSSR count). The van der Waals surface area contributed by atoms with Crippen LogP contribution >= 0.6 is 11.8 Å². The van der Waals surface area contributed by atoms with Crippen molar-refractivity contribution in [3.63, 3.8) is 0 Å². The predicted octanol–water partition coefficient (Wildman–Crippen LogP) is 3.67. The standard InChI is InChI=1S/C11H17NS/c1-9(13-11(2,3)4)10-5-7-12-8-6-10/h5-9H,1-4H3. The maximum absolute atomic E-state index is 4.01. The van der Waals surface area contributed by atoms with Crippen molar-refractivity contribution in [1.82, 2.24) is 4.98 Å². The molecular formula is C11H17NS. The van der Waals surface area contributed by atoms with Gasteiger partial charge >= 0.3 is 0 Å². The van der Waals surface area contributed by atoms with Crippen molar-refractivity contribution < 1.29 is 0 Å². The van der Waals surface area contributed by atoms with Crippen molar-refractivity contribution in [2.24, 2.45) is 0 Å². The molecule has 1 aromatic heterocycles. The third-order valence-electron chi connectivity index (χ3n) is 1.71. The van der Waals surface area contributed by atoms with Crippen LogP contribution in [0.15, 0.2) is 24.5 Å². The number of thioether (sulfide) groups is 1. The van der Waals surface area contributed by atoms with Gasteiger partial charge in [-0.2, -0.15) is 0 Å². The van der Waals surface area contributed by atoms with Crippen LogP contribution in [0.25, 0.3) is 0 Å². The zero-order chi connectivity index (χ0) is 9.90. The molecule has 0 aliphatic heterocycles. The fraction of sp³-hybridized carbons (Fsp3) is 0.545. The van der Waals surface area contributed by atoms with Gasteiger partial charge in [0.25, 0.3) is 0 Å². The SMILES string of the molecule is CC(SC(C)(C)C)c1ccncc1. The summed E-state index contributed by atoms with van der Waals surface area (Å²) < 4.78 is 0.322. The van der Waals surface area contributed by atoms with Crippen molar-refractivity contribution >= 4 is 11.8 Å². The highest BCUT2D eigenvalue weighted by atomic mass is 32.2. The van der Waals surface area contributed by atoms with Gasteiger partial charge in [0.15, 0.2) is 0 Å². The smallest absolute Gasteiger partial charge is 0.0275 e. The maximum atomic E-state index is 4.01. The van der Waals surface area contributed by atoms with Crippen LogP contribution in [0.1, 0.15) is 38.5 Å². The third-order valence-corrected chi connectivity index (χ3v) is 3.04. The van der Waals surface area contributed by atoms with Crippen molar-refractivity contribution in [2.75, 3.05) is 0 Å². The van der Waals surface area contributed by atoms with Crippen molar-refractivity contribution in [1.29, 1.82) is 0 Å². The molecule has 0 radical (unpaired) electrons. The summed E-state index contributed by atoms with van der Waals surface area (Å²) in [6, 6.07) is 4.17. The van der Waals surface area contributed by atoms with E-state index in [0.29, 0.717) is 10.00 Å². The molecule has 0 N–H and O–H groups in total. The Bertz CT molecular complexity index is 251. The molecule has 2 heteroatoms. The predicted molar refractivity (Wildman–Crippen MR) is 60.0 cm³/mol. The van der Waals surface area contributed by atoms with Gasteiger partial charge in [-0.15, -0.1) is 11.8 Å². The third kappa shape index (κ3) is 3.81. The Labute approximate surface area is 85.0 Å². The van der Waals surface area contributed by atoms with Crippen LogP contribution in [0.2, 0.25) is 0 Å². The Hall–Kier alpha value is -0.500. The molecule has 0 bridgehead atoms. The molecule has 1 unspecified atom stereocenters. The van der Waals surface area contributed by atoms with E-state index in [1.807, 2.05) is 24.2 Å². The van der Waals surface area contributed by atoms with Crippen LogP contribution < -0.4 is 0 Å². The number of rotatable bonds is 2. The Morgan fingerprint density at radius 2 is 1.77 bits per heavy atom. The largest absolute Gasteiger partial charge is 0.265 e. The summed E-state index contributed by atoms with van der Waals surface area (Å²) in [5.41, 5.74) is 1.36. The summed E-state index contributed by atoms with van der Waals surface area (Å²) in [6.07, 6.45) is 3.71. The lowest BCUT2D eigenvalue weighted by atomic mass is 10.2. The van der Waals surface area contributed by atoms with Gasteiger partial charge in [-0.1, -0.05) is 20.8 Å². The first-order valence-corrected chi connectivity index (χ1v) is 5.45. The number of hydrogen-bond donors (Lipinski definition) is 0. The summed E-state index contributed by atoms with van der Waals surface area (Å²) >= 11 is 1.98. The fourth-order valence-corrected chi connectivity index (χ4v) is 2.59. The second kappa shape index (κ2) is 4.14. The monoisotopic (exact) mass is 195 g/mol. The average Bonchev–Trinajstić information content (AvgIpc) is 2.03. The Morgan fingerprint density at radius 3 is 2.23 bits per heavy atom. The van der Waals surface area contributed by atoms with Crippen molar-refractivity contribution in [3.05, 3.63) is 30.1 Å². The molecule has 1 nitrogen and oxygen atoms in total. The lowest BCUT2D eigenvalue weighted by Gasteiger charge is -2.22. The molecule has 0 spiro atoms. The summed E-state index contributed by atoms with van der Waals surface area (Å²) in [6.45, 7) is 8.98. The van der Waals surface area contributed by atoms with Gasteiger partial charge in [0.05, 0.1) is 0 Å². The molecule has 1 heterocycles. The lowest BCUT2D eigenvalue weighted by molar-refractivity contribution is 0.794. The van der Waals surface area contributed by atoms with Gasteiger partial charge in [-0.05, 0) is 24.6 Å². The second-order valence-electron chi connectivity index (χ2n) is 4.15. The summed E-state index contributed by atoms with van der Waals surface area (Å²) in [4.78, 5) is 4.01. The lowest BCUT2D eigenvalue weighted by Crippen LogP contribution is -2.09. The molecule has 1 aromatic rings. The number of aromatic nitrogens is 1. The molecule has 72 valence electrons. The molecule has 0 fully saturated rings. The first-order chi connectivity index (χ1) is 5.99. The van der Waals surface area contributed by atoms with Gasteiger partial charge in [0.2, 0.25) is 0 Å². The Morgan fingerprint density at radius 1 is 1.23 bits per heavy atom. The van der Waals surface area contributed by atoms with Crippen LogP contribution in [0.4, 0.5) is 0 Å². The van der Waals surface area contributed by atoms with Gasteiger partial charge in [-0.25, -0.2) is 0 Å². The fourth-order valence-electron chi connectivity index (χ4n) is 1.23. The molecular weight excluding hydrogens is 178 g/mol. The van der Waals surface area contributed by atoms with Crippen LogP contribution in [0, 0.1) is 0 Å². The molecule has 0 saturated carbocycles. The minimum absolute atomic E-state index is 0.322. The van der Waals surface area contributed by atoms with Crippen LogP contribution in [-0.4, -0.2) is 9.73 Å². The van der Waals surface area contributed by atoms with E-state index in [1.165, 1.54) is 5.56 Å². The first-order valence-electron chi connectivity index (χ1n) is 4.57. The zero-order valence-electron chi connectivity index (χ0n) is 8.74. The normalized spacial score (nSPS) is 14.2. The van der Waals surface area contributed by atoms with Crippen LogP contribution in [0.5, 0.6) is 0 Å². The maximum Gasteiger partial charge on any atom is 0.0275 e. The highest BCUT2D eigenvalue weighted by Gasteiger charge is 2.16. The summed E-state index contributed by atoms with van der Waals surface area (Å²) in [7, 11) is 0. The van der Waals surface area contributed by atoms with Gasteiger partial charge in [0.1, 0.15) is 0 Å². The highest BCUT2D eigenvalue weighted by Crippen LogP contribution is 2.37. The van der Waals surface area contributed by atoms with E-state index in [-0.39, 0.29) is 0 Å². The van der Waals surface area contributed by atoms with Crippen molar-refractivity contribution in [2.45, 2.75) is 37.7 Å². The van der Waals surface area contributed by atoms with Gasteiger partial charge < -0.3 is 0 Å². The molecule has 1 atom stereocenters. The van der Waals surface area contributed by atoms with E-state index in [9.17, 15) is 0 Å². The number of pyridine rings is 1. The van der Waals surface area contributed by atoms with E-state index >= 15 is 0 Å². The Kier molecular flexibility index (Phi) is 3.37. The molecule has 13 heavy (non-hydrogen) atoms. The minimum Gasteiger partial charge on any atom is -0.265 e. The average molecular weight is 195 g/mol. The molecule has 0 amide bonds. The molecule has 0 aliphatic carbocycles. The molecule has 0 aromatic carbocycles.